The van der Waals surface area contributed by atoms with Crippen molar-refractivity contribution in [2.75, 3.05) is 37.6 Å². The lowest BCUT2D eigenvalue weighted by Crippen LogP contribution is -2.45. The van der Waals surface area contributed by atoms with Crippen molar-refractivity contribution in [1.29, 1.82) is 0 Å². The second-order valence-corrected chi connectivity index (χ2v) is 7.25. The number of rotatable bonds is 4. The van der Waals surface area contributed by atoms with E-state index in [4.69, 9.17) is 9.73 Å². The number of aliphatic hydroxyl groups excluding tert-OH is 1. The molecule has 3 rings (SSSR count). The predicted octanol–water partition coefficient (Wildman–Crippen LogP) is 1.23. The number of nitrogens with one attached hydrogen (secondary N) is 1. The number of hydrogen-bond donors (Lipinski definition) is 2. The maximum Gasteiger partial charge on any atom is 0.194 e. The quantitative estimate of drug-likeness (QED) is 0.621. The van der Waals surface area contributed by atoms with Crippen molar-refractivity contribution in [3.63, 3.8) is 0 Å². The fourth-order valence-electron chi connectivity index (χ4n) is 3.59. The summed E-state index contributed by atoms with van der Waals surface area (Å²) in [5.74, 6) is 1.86. The Hall–Kier alpha value is -1.86. The van der Waals surface area contributed by atoms with Crippen molar-refractivity contribution in [3.05, 3.63) is 23.9 Å². The molecule has 0 spiro atoms. The van der Waals surface area contributed by atoms with Crippen LogP contribution in [0.1, 0.15) is 32.8 Å². The number of aliphatic hydroxyl groups is 1. The molecule has 144 valence electrons. The molecule has 7 nitrogen and oxygen atoms in total. The molecule has 0 aromatic carbocycles. The average molecular weight is 361 g/mol. The maximum atomic E-state index is 9.75. The first-order valence-electron chi connectivity index (χ1n) is 9.61. The monoisotopic (exact) mass is 361 g/mol. The minimum atomic E-state index is -0.252. The van der Waals surface area contributed by atoms with Gasteiger partial charge in [-0.25, -0.2) is 9.98 Å². The molecule has 7 heteroatoms. The van der Waals surface area contributed by atoms with Gasteiger partial charge in [-0.2, -0.15) is 0 Å². The molecule has 2 N–H and O–H groups in total. The molecule has 0 bridgehead atoms. The Morgan fingerprint density at radius 3 is 2.65 bits per heavy atom. The van der Waals surface area contributed by atoms with Crippen LogP contribution in [0.15, 0.2) is 23.3 Å². The number of morpholine rings is 1. The first-order chi connectivity index (χ1) is 12.5. The molecule has 1 aromatic heterocycles. The van der Waals surface area contributed by atoms with Gasteiger partial charge in [-0.15, -0.1) is 0 Å². The van der Waals surface area contributed by atoms with Crippen LogP contribution >= 0.6 is 0 Å². The lowest BCUT2D eigenvalue weighted by Gasteiger charge is -2.36. The van der Waals surface area contributed by atoms with Crippen molar-refractivity contribution in [3.8, 4) is 0 Å². The highest BCUT2D eigenvalue weighted by atomic mass is 16.5. The number of ether oxygens (including phenoxy) is 1. The molecule has 2 fully saturated rings. The van der Waals surface area contributed by atoms with Gasteiger partial charge in [0.2, 0.25) is 0 Å². The van der Waals surface area contributed by atoms with Gasteiger partial charge < -0.3 is 25.0 Å². The predicted molar refractivity (Wildman–Crippen MR) is 103 cm³/mol. The van der Waals surface area contributed by atoms with Gasteiger partial charge in [-0.3, -0.25) is 0 Å². The molecule has 2 unspecified atom stereocenters. The van der Waals surface area contributed by atoms with Crippen molar-refractivity contribution in [2.24, 2.45) is 4.99 Å². The number of aromatic nitrogens is 1. The van der Waals surface area contributed by atoms with Crippen LogP contribution in [0.4, 0.5) is 5.82 Å². The highest BCUT2D eigenvalue weighted by Gasteiger charge is 2.24. The summed E-state index contributed by atoms with van der Waals surface area (Å²) in [7, 11) is 0. The van der Waals surface area contributed by atoms with Gasteiger partial charge in [0.1, 0.15) is 5.82 Å². The number of hydrogen-bond acceptors (Lipinski definition) is 5. The Bertz CT molecular complexity index is 596. The van der Waals surface area contributed by atoms with Gasteiger partial charge in [-0.05, 0) is 38.8 Å². The first kappa shape index (κ1) is 18.9. The van der Waals surface area contributed by atoms with Crippen LogP contribution < -0.4 is 10.2 Å². The first-order valence-corrected chi connectivity index (χ1v) is 9.61. The van der Waals surface area contributed by atoms with Crippen molar-refractivity contribution in [2.45, 2.75) is 52.0 Å². The number of aliphatic imine (C=N–C) groups is 1. The SMILES string of the molecule is CCNC(=NCc1ccc(N2CC(C)OC(C)C2)nc1)N1CC[C@@H](O)C1. The minimum Gasteiger partial charge on any atom is -0.391 e. The number of pyridine rings is 1. The molecule has 0 aliphatic carbocycles. The van der Waals surface area contributed by atoms with Gasteiger partial charge in [0.15, 0.2) is 5.96 Å². The zero-order valence-electron chi connectivity index (χ0n) is 16.1. The highest BCUT2D eigenvalue weighted by Crippen LogP contribution is 2.18. The standard InChI is InChI=1S/C19H31N5O2/c1-4-20-19(23-8-7-17(25)13-23)22-10-16-5-6-18(21-9-16)24-11-14(2)26-15(3)12-24/h5-6,9,14-15,17,25H,4,7-8,10-13H2,1-3H3,(H,20,22)/t14?,15?,17-/m1/s1. The fraction of sp³-hybridized carbons (Fsp3) is 0.684. The van der Waals surface area contributed by atoms with E-state index in [1.54, 1.807) is 0 Å². The van der Waals surface area contributed by atoms with Gasteiger partial charge in [0.05, 0.1) is 24.9 Å². The molecule has 2 aliphatic rings. The number of anilines is 1. The summed E-state index contributed by atoms with van der Waals surface area (Å²) in [5.41, 5.74) is 1.08. The molecule has 2 saturated heterocycles. The molecule has 2 aliphatic heterocycles. The van der Waals surface area contributed by atoms with Crippen LogP contribution in [0.2, 0.25) is 0 Å². The van der Waals surface area contributed by atoms with Crippen molar-refractivity contribution < 1.29 is 9.84 Å². The Morgan fingerprint density at radius 2 is 2.08 bits per heavy atom. The van der Waals surface area contributed by atoms with E-state index in [1.165, 1.54) is 0 Å². The van der Waals surface area contributed by atoms with E-state index in [2.05, 4.69) is 53.0 Å². The maximum absolute atomic E-state index is 9.75. The molecular formula is C19H31N5O2. The number of β-amino-alcohol motifs (C(OH)–C–C–N with tert-alkyl or cyclic N) is 1. The van der Waals surface area contributed by atoms with E-state index in [9.17, 15) is 5.11 Å². The van der Waals surface area contributed by atoms with Crippen molar-refractivity contribution in [1.82, 2.24) is 15.2 Å². The summed E-state index contributed by atoms with van der Waals surface area (Å²) in [5, 5.41) is 13.1. The summed E-state index contributed by atoms with van der Waals surface area (Å²) in [6.45, 7) is 10.9. The lowest BCUT2D eigenvalue weighted by molar-refractivity contribution is -0.00545. The number of guanidine groups is 1. The lowest BCUT2D eigenvalue weighted by atomic mass is 10.2. The Kier molecular flexibility index (Phi) is 6.32. The topological polar surface area (TPSA) is 73.2 Å². The summed E-state index contributed by atoms with van der Waals surface area (Å²) < 4.78 is 5.79. The molecule has 0 amide bonds. The van der Waals surface area contributed by atoms with Crippen LogP contribution in [-0.2, 0) is 11.3 Å². The second kappa shape index (κ2) is 8.68. The number of nitrogens with zero attached hydrogens (tertiary/aromatic N) is 4. The third kappa shape index (κ3) is 4.86. The van der Waals surface area contributed by atoms with Crippen LogP contribution in [0, 0.1) is 0 Å². The average Bonchev–Trinajstić information content (AvgIpc) is 3.04. The van der Waals surface area contributed by atoms with Crippen LogP contribution in [-0.4, -0.2) is 72.0 Å². The van der Waals surface area contributed by atoms with Crippen molar-refractivity contribution >= 4 is 11.8 Å². The zero-order valence-corrected chi connectivity index (χ0v) is 16.1. The molecular weight excluding hydrogens is 330 g/mol. The molecule has 3 atom stereocenters. The summed E-state index contributed by atoms with van der Waals surface area (Å²) >= 11 is 0. The Morgan fingerprint density at radius 1 is 1.31 bits per heavy atom. The number of likely N-dealkylation sites (tertiary alicyclic amines) is 1. The summed E-state index contributed by atoms with van der Waals surface area (Å²) in [6.07, 6.45) is 2.91. The molecule has 3 heterocycles. The summed E-state index contributed by atoms with van der Waals surface area (Å²) in [6, 6.07) is 4.17. The van der Waals surface area contributed by atoms with Gasteiger partial charge in [-0.1, -0.05) is 6.07 Å². The zero-order chi connectivity index (χ0) is 18.5. The van der Waals surface area contributed by atoms with E-state index < -0.39 is 0 Å². The fourth-order valence-corrected chi connectivity index (χ4v) is 3.59. The minimum absolute atomic E-state index is 0.225. The van der Waals surface area contributed by atoms with Crippen LogP contribution in [0.25, 0.3) is 0 Å². The smallest absolute Gasteiger partial charge is 0.194 e. The third-order valence-corrected chi connectivity index (χ3v) is 4.76. The highest BCUT2D eigenvalue weighted by molar-refractivity contribution is 5.80. The van der Waals surface area contributed by atoms with E-state index in [0.29, 0.717) is 13.1 Å². The Balaban J connectivity index is 1.62. The van der Waals surface area contributed by atoms with Gasteiger partial charge in [0.25, 0.3) is 0 Å². The largest absolute Gasteiger partial charge is 0.391 e. The summed E-state index contributed by atoms with van der Waals surface area (Å²) in [4.78, 5) is 13.7. The van der Waals surface area contributed by atoms with E-state index in [1.807, 2.05) is 6.20 Å². The van der Waals surface area contributed by atoms with Crippen LogP contribution in [0.5, 0.6) is 0 Å². The van der Waals surface area contributed by atoms with E-state index in [-0.39, 0.29) is 18.3 Å². The normalized spacial score (nSPS) is 27.1. The van der Waals surface area contributed by atoms with Crippen LogP contribution in [0.3, 0.4) is 0 Å². The molecule has 1 aromatic rings. The third-order valence-electron chi connectivity index (χ3n) is 4.76. The molecule has 0 saturated carbocycles. The van der Waals surface area contributed by atoms with Gasteiger partial charge in [0, 0.05) is 38.9 Å². The Labute approximate surface area is 156 Å². The molecule has 0 radical (unpaired) electrons. The second-order valence-electron chi connectivity index (χ2n) is 7.25. The van der Waals surface area contributed by atoms with E-state index >= 15 is 0 Å². The molecule has 26 heavy (non-hydrogen) atoms. The van der Waals surface area contributed by atoms with Gasteiger partial charge >= 0.3 is 0 Å². The van der Waals surface area contributed by atoms with E-state index in [0.717, 1.165) is 49.9 Å².